The molecule has 2 aliphatic rings. The van der Waals surface area contributed by atoms with Gasteiger partial charge in [-0.05, 0) is 58.6 Å². The van der Waals surface area contributed by atoms with Gasteiger partial charge in [-0.2, -0.15) is 0 Å². The minimum absolute atomic E-state index is 0.124. The van der Waals surface area contributed by atoms with E-state index in [1.807, 2.05) is 12.1 Å². The van der Waals surface area contributed by atoms with Crippen LogP contribution in [0, 0.1) is 0 Å². The normalized spacial score (nSPS) is 14.0. The maximum absolute atomic E-state index is 13.7. The average Bonchev–Trinajstić information content (AvgIpc) is 3.13. The zero-order chi connectivity index (χ0) is 21.7. The predicted octanol–water partition coefficient (Wildman–Crippen LogP) is 3.58. The van der Waals surface area contributed by atoms with Crippen molar-refractivity contribution in [2.75, 3.05) is 20.5 Å². The number of rotatable bonds is 4. The number of nitrogens with zero attached hydrogens (tertiary/aromatic N) is 1. The number of carboxylic acid groups (broad SMARTS) is 1. The molecule has 0 saturated heterocycles. The molecule has 0 amide bonds. The molecule has 0 bridgehead atoms. The monoisotopic (exact) mass is 487 g/mol. The van der Waals surface area contributed by atoms with Gasteiger partial charge < -0.3 is 28.6 Å². The second-order valence-corrected chi connectivity index (χ2v) is 8.08. The van der Waals surface area contributed by atoms with Crippen LogP contribution in [0.4, 0.5) is 0 Å². The molecular weight excluding hydrogens is 470 g/mol. The average molecular weight is 488 g/mol. The number of halogens is 1. The van der Waals surface area contributed by atoms with Gasteiger partial charge in [-0.25, -0.2) is 4.79 Å². The number of methoxy groups -OCH3 is 1. The summed E-state index contributed by atoms with van der Waals surface area (Å²) in [6.45, 7) is 0.0912. The van der Waals surface area contributed by atoms with Gasteiger partial charge in [0.05, 0.1) is 22.7 Å². The Morgan fingerprint density at radius 3 is 2.77 bits per heavy atom. The Bertz CT molecular complexity index is 1300. The number of hydrogen-bond donors (Lipinski definition) is 1. The fourth-order valence-electron chi connectivity index (χ4n) is 4.20. The van der Waals surface area contributed by atoms with Crippen molar-refractivity contribution in [3.05, 3.63) is 44.7 Å². The molecule has 2 aliphatic heterocycles. The lowest BCUT2D eigenvalue weighted by Crippen LogP contribution is -2.23. The van der Waals surface area contributed by atoms with Gasteiger partial charge >= 0.3 is 5.97 Å². The third-order valence-corrected chi connectivity index (χ3v) is 6.34. The molecule has 0 unspecified atom stereocenters. The molecule has 3 heterocycles. The SMILES string of the molecule is COc1ccc2c(Br)c3n(c(=O)c2c1OCC(=O)O)CCCc1cc2c(cc1-3)OCO2. The molecule has 31 heavy (non-hydrogen) atoms. The first-order valence-electron chi connectivity index (χ1n) is 9.70. The van der Waals surface area contributed by atoms with E-state index in [4.69, 9.17) is 24.1 Å². The summed E-state index contributed by atoms with van der Waals surface area (Å²) < 4.78 is 24.3. The van der Waals surface area contributed by atoms with E-state index in [-0.39, 0.29) is 23.5 Å². The van der Waals surface area contributed by atoms with Crippen molar-refractivity contribution in [3.63, 3.8) is 0 Å². The van der Waals surface area contributed by atoms with Gasteiger partial charge in [0.1, 0.15) is 0 Å². The summed E-state index contributed by atoms with van der Waals surface area (Å²) in [6, 6.07) is 7.32. The number of carbonyl (C=O) groups is 1. The van der Waals surface area contributed by atoms with Crippen molar-refractivity contribution in [3.8, 4) is 34.3 Å². The van der Waals surface area contributed by atoms with E-state index in [0.29, 0.717) is 33.7 Å². The molecule has 0 radical (unpaired) electrons. The summed E-state index contributed by atoms with van der Waals surface area (Å²) >= 11 is 3.70. The molecule has 160 valence electrons. The minimum Gasteiger partial charge on any atom is -0.493 e. The number of aliphatic carboxylic acids is 1. The Kier molecular flexibility index (Phi) is 4.77. The lowest BCUT2D eigenvalue weighted by atomic mass is 9.99. The van der Waals surface area contributed by atoms with Gasteiger partial charge in [0, 0.05) is 17.5 Å². The Hall–Kier alpha value is -3.20. The van der Waals surface area contributed by atoms with E-state index >= 15 is 0 Å². The van der Waals surface area contributed by atoms with Gasteiger partial charge in [0.15, 0.2) is 29.6 Å². The molecule has 0 fully saturated rings. The minimum atomic E-state index is -1.14. The largest absolute Gasteiger partial charge is 0.493 e. The molecule has 1 N–H and O–H groups in total. The molecule has 0 atom stereocenters. The highest BCUT2D eigenvalue weighted by molar-refractivity contribution is 9.10. The van der Waals surface area contributed by atoms with Gasteiger partial charge in [-0.3, -0.25) is 4.79 Å². The molecule has 9 heteroatoms. The van der Waals surface area contributed by atoms with Gasteiger partial charge in [-0.1, -0.05) is 0 Å². The molecule has 0 aliphatic carbocycles. The van der Waals surface area contributed by atoms with E-state index in [1.165, 1.54) is 7.11 Å². The van der Waals surface area contributed by atoms with E-state index in [9.17, 15) is 9.59 Å². The van der Waals surface area contributed by atoms with Crippen molar-refractivity contribution >= 4 is 32.7 Å². The van der Waals surface area contributed by atoms with E-state index in [1.54, 1.807) is 16.7 Å². The van der Waals surface area contributed by atoms with Crippen LogP contribution < -0.4 is 24.5 Å². The maximum Gasteiger partial charge on any atom is 0.341 e. The summed E-state index contributed by atoms with van der Waals surface area (Å²) in [5, 5.41) is 9.96. The molecular formula is C22H18BrNO7. The first kappa shape index (κ1) is 19.7. The highest BCUT2D eigenvalue weighted by Crippen LogP contribution is 2.45. The number of fused-ring (bicyclic) bond motifs is 5. The number of aryl methyl sites for hydroxylation is 1. The van der Waals surface area contributed by atoms with Gasteiger partial charge in [-0.15, -0.1) is 0 Å². The molecule has 0 saturated carbocycles. The molecule has 0 spiro atoms. The van der Waals surface area contributed by atoms with E-state index in [0.717, 1.165) is 29.7 Å². The molecule has 3 aromatic rings. The predicted molar refractivity (Wildman–Crippen MR) is 115 cm³/mol. The molecule has 1 aromatic heterocycles. The van der Waals surface area contributed by atoms with Crippen LogP contribution in [0.2, 0.25) is 0 Å². The second-order valence-electron chi connectivity index (χ2n) is 7.29. The number of carboxylic acids is 1. The van der Waals surface area contributed by atoms with Crippen molar-refractivity contribution in [1.29, 1.82) is 0 Å². The Morgan fingerprint density at radius 1 is 1.26 bits per heavy atom. The lowest BCUT2D eigenvalue weighted by Gasteiger charge is -2.19. The summed E-state index contributed by atoms with van der Waals surface area (Å²) in [5.41, 5.74) is 2.46. The summed E-state index contributed by atoms with van der Waals surface area (Å²) in [5.74, 6) is 0.639. The topological polar surface area (TPSA) is 96.2 Å². The lowest BCUT2D eigenvalue weighted by molar-refractivity contribution is -0.139. The third-order valence-electron chi connectivity index (χ3n) is 5.54. The Balaban J connectivity index is 1.82. The Labute approximate surface area is 185 Å². The number of ether oxygens (including phenoxy) is 4. The van der Waals surface area contributed by atoms with Crippen LogP contribution in [0.15, 0.2) is 33.5 Å². The van der Waals surface area contributed by atoms with Crippen molar-refractivity contribution in [2.24, 2.45) is 0 Å². The van der Waals surface area contributed by atoms with Crippen LogP contribution in [0.3, 0.4) is 0 Å². The highest BCUT2D eigenvalue weighted by Gasteiger charge is 2.27. The zero-order valence-corrected chi connectivity index (χ0v) is 18.2. The van der Waals surface area contributed by atoms with Crippen LogP contribution in [0.1, 0.15) is 12.0 Å². The summed E-state index contributed by atoms with van der Waals surface area (Å²) in [4.78, 5) is 24.7. The third kappa shape index (κ3) is 3.11. The number of pyridine rings is 1. The van der Waals surface area contributed by atoms with Crippen LogP contribution in [0.25, 0.3) is 22.0 Å². The quantitative estimate of drug-likeness (QED) is 0.600. The number of hydrogen-bond acceptors (Lipinski definition) is 6. The summed E-state index contributed by atoms with van der Waals surface area (Å²) in [6.07, 6.45) is 1.54. The van der Waals surface area contributed by atoms with Crippen LogP contribution in [-0.4, -0.2) is 36.2 Å². The molecule has 5 rings (SSSR count). The maximum atomic E-state index is 13.7. The van der Waals surface area contributed by atoms with E-state index < -0.39 is 12.6 Å². The van der Waals surface area contributed by atoms with Crippen molar-refractivity contribution in [1.82, 2.24) is 4.57 Å². The van der Waals surface area contributed by atoms with Gasteiger partial charge in [0.25, 0.3) is 5.56 Å². The zero-order valence-electron chi connectivity index (χ0n) is 16.6. The molecule has 2 aromatic carbocycles. The molecule has 8 nitrogen and oxygen atoms in total. The van der Waals surface area contributed by atoms with Crippen LogP contribution in [-0.2, 0) is 17.8 Å². The van der Waals surface area contributed by atoms with Crippen molar-refractivity contribution < 1.29 is 28.8 Å². The standard InChI is InChI=1S/C22H18BrNO7/c1-28-14-5-4-12-18(21(14)29-9-17(25)26)22(27)24-6-2-3-11-7-15-16(31-10-30-15)8-13(11)20(24)19(12)23/h4-5,7-8H,2-3,6,9-10H2,1H3,(H,25,26). The van der Waals surface area contributed by atoms with Crippen LogP contribution in [0.5, 0.6) is 23.0 Å². The second kappa shape index (κ2) is 7.49. The fourth-order valence-corrected chi connectivity index (χ4v) is 4.95. The van der Waals surface area contributed by atoms with Crippen LogP contribution >= 0.6 is 15.9 Å². The summed E-state index contributed by atoms with van der Waals surface area (Å²) in [7, 11) is 1.45. The first-order chi connectivity index (χ1) is 15.0. The first-order valence-corrected chi connectivity index (χ1v) is 10.5. The highest BCUT2D eigenvalue weighted by atomic mass is 79.9. The smallest absolute Gasteiger partial charge is 0.341 e. The number of aromatic nitrogens is 1. The fraction of sp³-hybridized carbons (Fsp3) is 0.273. The van der Waals surface area contributed by atoms with E-state index in [2.05, 4.69) is 15.9 Å². The number of benzene rings is 2. The van der Waals surface area contributed by atoms with Crippen molar-refractivity contribution in [2.45, 2.75) is 19.4 Å². The van der Waals surface area contributed by atoms with Gasteiger partial charge in [0.2, 0.25) is 6.79 Å². The Morgan fingerprint density at radius 2 is 2.03 bits per heavy atom.